The average Bonchev–Trinajstić information content (AvgIpc) is 2.90. The molecule has 0 saturated carbocycles. The van der Waals surface area contributed by atoms with Crippen molar-refractivity contribution in [1.82, 2.24) is 21.3 Å². The molecule has 2 rings (SSSR count). The van der Waals surface area contributed by atoms with E-state index in [1.807, 2.05) is 78.2 Å². The maximum Gasteiger partial charge on any atom is 0.273 e. The number of amides is 2. The fourth-order valence-electron chi connectivity index (χ4n) is 3.82. The highest BCUT2D eigenvalue weighted by Gasteiger charge is 2.24. The van der Waals surface area contributed by atoms with Crippen molar-refractivity contribution in [1.29, 1.82) is 0 Å². The van der Waals surface area contributed by atoms with E-state index in [0.29, 0.717) is 55.2 Å². The zero-order valence-corrected chi connectivity index (χ0v) is 24.4. The standard InChI is InChI=1S/C20H33N5O2.C10H12O2/c1-20(2,14-22-4)13-17(26)25-18(16(23-5)11-12-21-3)19(27)24-15-9-7-6-8-10-15;1-3-12-10-5-4-8(2)6-9(10)7-11/h6-10,21-23H,11-14H2,1-5H3,(H,24,27)(H,25,26);4-7H,3H2,1-2H3/b18-16+;. The lowest BCUT2D eigenvalue weighted by molar-refractivity contribution is -0.124. The van der Waals surface area contributed by atoms with Crippen LogP contribution in [0.25, 0.3) is 0 Å². The van der Waals surface area contributed by atoms with Gasteiger partial charge in [-0.25, -0.2) is 0 Å². The molecule has 9 heteroatoms. The summed E-state index contributed by atoms with van der Waals surface area (Å²) in [6, 6.07) is 14.7. The molecule has 2 aromatic rings. The Morgan fingerprint density at radius 1 is 1.00 bits per heavy atom. The summed E-state index contributed by atoms with van der Waals surface area (Å²) in [7, 11) is 5.45. The fraction of sp³-hybridized carbons (Fsp3) is 0.433. The number of hydrogen-bond donors (Lipinski definition) is 5. The predicted molar refractivity (Wildman–Crippen MR) is 158 cm³/mol. The van der Waals surface area contributed by atoms with Crippen molar-refractivity contribution in [2.24, 2.45) is 5.41 Å². The second-order valence-electron chi connectivity index (χ2n) is 9.79. The summed E-state index contributed by atoms with van der Waals surface area (Å²) in [5.41, 5.74) is 3.08. The first-order valence-electron chi connectivity index (χ1n) is 13.2. The van der Waals surface area contributed by atoms with Gasteiger partial charge in [-0.1, -0.05) is 43.7 Å². The van der Waals surface area contributed by atoms with Gasteiger partial charge in [0.2, 0.25) is 5.91 Å². The van der Waals surface area contributed by atoms with Gasteiger partial charge in [0.1, 0.15) is 11.4 Å². The molecule has 0 aliphatic carbocycles. The van der Waals surface area contributed by atoms with Gasteiger partial charge in [-0.05, 0) is 57.6 Å². The van der Waals surface area contributed by atoms with E-state index in [1.54, 1.807) is 19.2 Å². The van der Waals surface area contributed by atoms with E-state index in [-0.39, 0.29) is 22.9 Å². The molecule has 0 spiro atoms. The Balaban J connectivity index is 0.000000525. The number of para-hydroxylation sites is 1. The van der Waals surface area contributed by atoms with Crippen molar-refractivity contribution in [3.05, 3.63) is 71.1 Å². The Morgan fingerprint density at radius 2 is 1.69 bits per heavy atom. The lowest BCUT2D eigenvalue weighted by Crippen LogP contribution is -2.38. The molecule has 0 unspecified atom stereocenters. The summed E-state index contributed by atoms with van der Waals surface area (Å²) in [6.45, 7) is 9.84. The summed E-state index contributed by atoms with van der Waals surface area (Å²) in [5, 5.41) is 14.9. The summed E-state index contributed by atoms with van der Waals surface area (Å²) >= 11 is 0. The molecule has 5 N–H and O–H groups in total. The van der Waals surface area contributed by atoms with Crippen LogP contribution >= 0.6 is 0 Å². The molecule has 214 valence electrons. The lowest BCUT2D eigenvalue weighted by Gasteiger charge is -2.24. The Hall–Kier alpha value is -3.69. The van der Waals surface area contributed by atoms with Gasteiger partial charge in [-0.2, -0.15) is 0 Å². The molecule has 0 atom stereocenters. The van der Waals surface area contributed by atoms with Gasteiger partial charge in [0.05, 0.1) is 12.2 Å². The Morgan fingerprint density at radius 3 is 2.26 bits per heavy atom. The first-order valence-corrected chi connectivity index (χ1v) is 13.2. The summed E-state index contributed by atoms with van der Waals surface area (Å²) in [6.07, 6.45) is 1.71. The Kier molecular flexibility index (Phi) is 15.2. The molecule has 39 heavy (non-hydrogen) atoms. The third-order valence-corrected chi connectivity index (χ3v) is 5.64. The molecule has 0 radical (unpaired) electrons. The molecule has 0 heterocycles. The van der Waals surface area contributed by atoms with Gasteiger partial charge < -0.3 is 31.3 Å². The number of anilines is 1. The summed E-state index contributed by atoms with van der Waals surface area (Å²) in [4.78, 5) is 36.0. The molecular formula is C30H45N5O4. The van der Waals surface area contributed by atoms with Crippen LogP contribution in [0.1, 0.15) is 49.5 Å². The molecule has 0 aliphatic rings. The number of carbonyl (C=O) groups is 3. The average molecular weight is 540 g/mol. The number of aldehydes is 1. The number of nitrogens with one attached hydrogen (secondary N) is 5. The van der Waals surface area contributed by atoms with Crippen LogP contribution < -0.4 is 31.3 Å². The molecule has 0 aromatic heterocycles. The molecule has 2 amide bonds. The first kappa shape index (κ1) is 33.3. The number of carbonyl (C=O) groups excluding carboxylic acids is 3. The highest BCUT2D eigenvalue weighted by molar-refractivity contribution is 6.06. The third-order valence-electron chi connectivity index (χ3n) is 5.64. The van der Waals surface area contributed by atoms with Crippen LogP contribution in [0.5, 0.6) is 5.75 Å². The van der Waals surface area contributed by atoms with E-state index in [4.69, 9.17) is 4.74 Å². The largest absolute Gasteiger partial charge is 0.493 e. The zero-order valence-electron chi connectivity index (χ0n) is 24.4. The first-order chi connectivity index (χ1) is 18.6. The predicted octanol–water partition coefficient (Wildman–Crippen LogP) is 3.62. The van der Waals surface area contributed by atoms with E-state index >= 15 is 0 Å². The van der Waals surface area contributed by atoms with E-state index in [2.05, 4.69) is 26.6 Å². The van der Waals surface area contributed by atoms with Crippen molar-refractivity contribution in [2.45, 2.75) is 40.5 Å². The lowest BCUT2D eigenvalue weighted by atomic mass is 9.89. The van der Waals surface area contributed by atoms with Gasteiger partial charge in [-0.3, -0.25) is 14.4 Å². The van der Waals surface area contributed by atoms with Gasteiger partial charge in [-0.15, -0.1) is 0 Å². The Labute approximate surface area is 233 Å². The summed E-state index contributed by atoms with van der Waals surface area (Å²) in [5.74, 6) is 0.130. The number of benzene rings is 2. The highest BCUT2D eigenvalue weighted by Crippen LogP contribution is 2.20. The summed E-state index contributed by atoms with van der Waals surface area (Å²) < 4.78 is 5.25. The highest BCUT2D eigenvalue weighted by atomic mass is 16.5. The number of ether oxygens (including phenoxy) is 1. The Bertz CT molecular complexity index is 1080. The van der Waals surface area contributed by atoms with Gasteiger partial charge in [0.15, 0.2) is 6.29 Å². The minimum Gasteiger partial charge on any atom is -0.493 e. The maximum absolute atomic E-state index is 12.8. The number of rotatable bonds is 14. The van der Waals surface area contributed by atoms with Crippen LogP contribution in [0, 0.1) is 12.3 Å². The minimum atomic E-state index is -0.346. The monoisotopic (exact) mass is 539 g/mol. The topological polar surface area (TPSA) is 121 Å². The molecule has 0 saturated heterocycles. The maximum atomic E-state index is 12.8. The third kappa shape index (κ3) is 12.6. The van der Waals surface area contributed by atoms with Crippen LogP contribution in [-0.4, -0.2) is 58.9 Å². The van der Waals surface area contributed by atoms with Gasteiger partial charge in [0, 0.05) is 44.4 Å². The molecule has 2 aromatic carbocycles. The van der Waals surface area contributed by atoms with Crippen molar-refractivity contribution in [2.75, 3.05) is 46.2 Å². The van der Waals surface area contributed by atoms with E-state index in [0.717, 1.165) is 11.8 Å². The minimum absolute atomic E-state index is 0.189. The molecule has 9 nitrogen and oxygen atoms in total. The number of hydrogen-bond acceptors (Lipinski definition) is 7. The van der Waals surface area contributed by atoms with Crippen molar-refractivity contribution < 1.29 is 19.1 Å². The number of aryl methyl sites for hydroxylation is 1. The van der Waals surface area contributed by atoms with Crippen LogP contribution in [-0.2, 0) is 9.59 Å². The normalized spacial score (nSPS) is 11.4. The fourth-order valence-corrected chi connectivity index (χ4v) is 3.82. The van der Waals surface area contributed by atoms with Gasteiger partial charge >= 0.3 is 0 Å². The molecular weight excluding hydrogens is 494 g/mol. The molecule has 0 fully saturated rings. The van der Waals surface area contributed by atoms with Gasteiger partial charge in [0.25, 0.3) is 5.91 Å². The van der Waals surface area contributed by atoms with Crippen LogP contribution in [0.2, 0.25) is 0 Å². The van der Waals surface area contributed by atoms with E-state index in [1.165, 1.54) is 0 Å². The van der Waals surface area contributed by atoms with E-state index < -0.39 is 0 Å². The van der Waals surface area contributed by atoms with Crippen LogP contribution in [0.3, 0.4) is 0 Å². The van der Waals surface area contributed by atoms with Crippen LogP contribution in [0.4, 0.5) is 5.69 Å². The van der Waals surface area contributed by atoms with Crippen molar-refractivity contribution in [3.63, 3.8) is 0 Å². The quantitative estimate of drug-likeness (QED) is 0.184. The molecule has 0 aliphatic heterocycles. The zero-order chi connectivity index (χ0) is 29.3. The smallest absolute Gasteiger partial charge is 0.273 e. The van der Waals surface area contributed by atoms with Crippen LogP contribution in [0.15, 0.2) is 59.9 Å². The van der Waals surface area contributed by atoms with E-state index in [9.17, 15) is 14.4 Å². The van der Waals surface area contributed by atoms with Crippen molar-refractivity contribution >= 4 is 23.8 Å². The second kappa shape index (κ2) is 17.8. The second-order valence-corrected chi connectivity index (χ2v) is 9.79. The SMILES string of the molecule is CCOc1ccc(C)cc1C=O.CNCC/C(NC)=C(\NC(=O)CC(C)(C)CNC)C(=O)Nc1ccccc1. The molecule has 0 bridgehead atoms. The van der Waals surface area contributed by atoms with Crippen molar-refractivity contribution in [3.8, 4) is 5.75 Å².